The van der Waals surface area contributed by atoms with Crippen LogP contribution in [0.1, 0.15) is 30.5 Å². The number of hydrogen-bond donors (Lipinski definition) is 0. The van der Waals surface area contributed by atoms with Crippen LogP contribution >= 0.6 is 0 Å². The molecule has 3 aromatic carbocycles. The van der Waals surface area contributed by atoms with Crippen LogP contribution in [0, 0.1) is 5.92 Å². The van der Waals surface area contributed by atoms with Gasteiger partial charge in [0.1, 0.15) is 5.75 Å². The summed E-state index contributed by atoms with van der Waals surface area (Å²) in [4.78, 5) is 35.2. The number of aromatic nitrogens is 3. The fraction of sp³-hybridized carbons (Fsp3) is 0.342. The number of imidazole rings is 1. The van der Waals surface area contributed by atoms with E-state index in [-0.39, 0.29) is 11.9 Å². The lowest BCUT2D eigenvalue weighted by atomic mass is 9.96. The van der Waals surface area contributed by atoms with Gasteiger partial charge in [-0.2, -0.15) is 0 Å². The van der Waals surface area contributed by atoms with E-state index in [9.17, 15) is 9.59 Å². The molecule has 9 nitrogen and oxygen atoms in total. The van der Waals surface area contributed by atoms with Gasteiger partial charge >= 0.3 is 6.03 Å². The summed E-state index contributed by atoms with van der Waals surface area (Å²) in [5.41, 5.74) is 4.10. The Morgan fingerprint density at radius 1 is 0.957 bits per heavy atom. The van der Waals surface area contributed by atoms with Crippen LogP contribution in [-0.4, -0.2) is 76.3 Å². The number of rotatable bonds is 12. The van der Waals surface area contributed by atoms with Crippen LogP contribution in [0.25, 0.3) is 21.9 Å². The van der Waals surface area contributed by atoms with Gasteiger partial charge in [0.15, 0.2) is 0 Å². The zero-order valence-electron chi connectivity index (χ0n) is 27.3. The molecule has 5 aromatic rings. The maximum absolute atomic E-state index is 13.9. The molecule has 0 spiro atoms. The van der Waals surface area contributed by atoms with Crippen molar-refractivity contribution in [1.82, 2.24) is 23.9 Å². The van der Waals surface area contributed by atoms with Crippen molar-refractivity contribution in [2.24, 2.45) is 5.92 Å². The number of carbonyl (C=O) groups excluding carboxylic acids is 2. The standard InChI is InChI=1S/C38H43N5O4/c1-46-22-6-18-41(38(45)42-21-17-32(26-42)36-10-5-8-31-7-3-4-9-35(31)36)27-33-24-39-28-43(33)25-30-15-19-40(20-16-30)37(44)23-29-11-13-34(47-2)14-12-29/h3-5,7-14,17,21,24,26,28,30H,6,15-16,18-20,22-23,25,27H2,1-2H3. The average molecular weight is 634 g/mol. The van der Waals surface area contributed by atoms with Gasteiger partial charge in [0.25, 0.3) is 0 Å². The van der Waals surface area contributed by atoms with Crippen molar-refractivity contribution in [2.45, 2.75) is 38.8 Å². The largest absolute Gasteiger partial charge is 0.497 e. The van der Waals surface area contributed by atoms with Crippen LogP contribution in [-0.2, 0) is 29.0 Å². The second kappa shape index (κ2) is 15.1. The molecule has 6 rings (SSSR count). The first-order valence-electron chi connectivity index (χ1n) is 16.4. The van der Waals surface area contributed by atoms with Gasteiger partial charge in [-0.25, -0.2) is 9.78 Å². The molecule has 1 aliphatic heterocycles. The summed E-state index contributed by atoms with van der Waals surface area (Å²) in [6, 6.07) is 24.2. The smallest absolute Gasteiger partial charge is 0.328 e. The minimum atomic E-state index is -0.0796. The fourth-order valence-corrected chi connectivity index (χ4v) is 6.47. The highest BCUT2D eigenvalue weighted by molar-refractivity contribution is 5.97. The lowest BCUT2D eigenvalue weighted by molar-refractivity contribution is -0.131. The molecule has 2 aromatic heterocycles. The first-order valence-corrected chi connectivity index (χ1v) is 16.4. The van der Waals surface area contributed by atoms with Gasteiger partial charge in [0.2, 0.25) is 5.91 Å². The van der Waals surface area contributed by atoms with Crippen molar-refractivity contribution in [1.29, 1.82) is 0 Å². The van der Waals surface area contributed by atoms with Gasteiger partial charge in [0, 0.05) is 64.0 Å². The van der Waals surface area contributed by atoms with Gasteiger partial charge < -0.3 is 23.8 Å². The van der Waals surface area contributed by atoms with Gasteiger partial charge in [-0.05, 0) is 65.3 Å². The summed E-state index contributed by atoms with van der Waals surface area (Å²) in [6.07, 6.45) is 10.5. The Balaban J connectivity index is 1.09. The number of likely N-dealkylation sites (tertiary alicyclic amines) is 1. The van der Waals surface area contributed by atoms with E-state index in [0.717, 1.165) is 72.4 Å². The van der Waals surface area contributed by atoms with Gasteiger partial charge in [-0.3, -0.25) is 9.36 Å². The molecular weight excluding hydrogens is 590 g/mol. The minimum absolute atomic E-state index is 0.0796. The molecule has 0 saturated carbocycles. The lowest BCUT2D eigenvalue weighted by Gasteiger charge is -2.32. The first-order chi connectivity index (χ1) is 23.0. The Hall–Kier alpha value is -4.89. The third kappa shape index (κ3) is 7.74. The van der Waals surface area contributed by atoms with Crippen LogP contribution in [0.15, 0.2) is 97.7 Å². The highest BCUT2D eigenvalue weighted by Crippen LogP contribution is 2.29. The number of nitrogens with zero attached hydrogens (tertiary/aromatic N) is 5. The van der Waals surface area contributed by atoms with Crippen molar-refractivity contribution in [3.8, 4) is 16.9 Å². The van der Waals surface area contributed by atoms with Crippen molar-refractivity contribution in [3.63, 3.8) is 0 Å². The third-order valence-corrected chi connectivity index (χ3v) is 9.15. The van der Waals surface area contributed by atoms with E-state index in [2.05, 4.69) is 39.9 Å². The molecule has 9 heteroatoms. The molecular formula is C38H43N5O4. The number of benzene rings is 3. The zero-order valence-corrected chi connectivity index (χ0v) is 27.3. The number of hydrogen-bond acceptors (Lipinski definition) is 5. The molecule has 0 atom stereocenters. The molecule has 1 aliphatic rings. The molecule has 0 bridgehead atoms. The normalized spacial score (nSPS) is 13.6. The lowest BCUT2D eigenvalue weighted by Crippen LogP contribution is -2.40. The van der Waals surface area contributed by atoms with Crippen molar-refractivity contribution < 1.29 is 19.1 Å². The Morgan fingerprint density at radius 3 is 2.53 bits per heavy atom. The summed E-state index contributed by atoms with van der Waals surface area (Å²) >= 11 is 0. The molecule has 244 valence electrons. The Kier molecular flexibility index (Phi) is 10.3. The number of methoxy groups -OCH3 is 2. The molecule has 0 N–H and O–H groups in total. The molecule has 3 heterocycles. The maximum Gasteiger partial charge on any atom is 0.328 e. The van der Waals surface area contributed by atoms with Crippen LogP contribution < -0.4 is 4.74 Å². The van der Waals surface area contributed by atoms with E-state index in [0.29, 0.717) is 32.0 Å². The van der Waals surface area contributed by atoms with Crippen molar-refractivity contribution in [3.05, 3.63) is 109 Å². The van der Waals surface area contributed by atoms with E-state index in [1.54, 1.807) is 18.8 Å². The van der Waals surface area contributed by atoms with Crippen LogP contribution in [0.2, 0.25) is 0 Å². The van der Waals surface area contributed by atoms with E-state index in [4.69, 9.17) is 9.47 Å². The van der Waals surface area contributed by atoms with E-state index < -0.39 is 0 Å². The minimum Gasteiger partial charge on any atom is -0.497 e. The predicted molar refractivity (Wildman–Crippen MR) is 183 cm³/mol. The summed E-state index contributed by atoms with van der Waals surface area (Å²) in [6.45, 7) is 3.89. The van der Waals surface area contributed by atoms with Gasteiger partial charge in [-0.1, -0.05) is 54.6 Å². The van der Waals surface area contributed by atoms with E-state index >= 15 is 0 Å². The average Bonchev–Trinajstić information content (AvgIpc) is 3.78. The third-order valence-electron chi connectivity index (χ3n) is 9.15. The first kappa shape index (κ1) is 32.1. The SMILES string of the molecule is COCCCN(Cc1cncn1CC1CCN(C(=O)Cc2ccc(OC)cc2)CC1)C(=O)n1ccc(-c2cccc3ccccc23)c1. The fourth-order valence-electron chi connectivity index (χ4n) is 6.47. The molecule has 0 unspecified atom stereocenters. The highest BCUT2D eigenvalue weighted by Gasteiger charge is 2.25. The Morgan fingerprint density at radius 2 is 1.74 bits per heavy atom. The van der Waals surface area contributed by atoms with Crippen molar-refractivity contribution in [2.75, 3.05) is 40.5 Å². The second-order valence-corrected chi connectivity index (χ2v) is 12.3. The molecule has 0 aliphatic carbocycles. The molecule has 0 radical (unpaired) electrons. The summed E-state index contributed by atoms with van der Waals surface area (Å²) < 4.78 is 14.4. The molecule has 1 fully saturated rings. The monoisotopic (exact) mass is 633 g/mol. The number of amides is 2. The summed E-state index contributed by atoms with van der Waals surface area (Å²) in [7, 11) is 3.32. The molecule has 1 saturated heterocycles. The summed E-state index contributed by atoms with van der Waals surface area (Å²) in [5.74, 6) is 1.38. The van der Waals surface area contributed by atoms with Crippen LogP contribution in [0.3, 0.4) is 0 Å². The quantitative estimate of drug-likeness (QED) is 0.147. The second-order valence-electron chi connectivity index (χ2n) is 12.3. The van der Waals surface area contributed by atoms with Gasteiger partial charge in [-0.15, -0.1) is 0 Å². The molecule has 47 heavy (non-hydrogen) atoms. The van der Waals surface area contributed by atoms with Gasteiger partial charge in [0.05, 0.1) is 32.1 Å². The maximum atomic E-state index is 13.9. The zero-order chi connectivity index (χ0) is 32.6. The topological polar surface area (TPSA) is 81.8 Å². The highest BCUT2D eigenvalue weighted by atomic mass is 16.5. The van der Waals surface area contributed by atoms with Crippen LogP contribution in [0.5, 0.6) is 5.75 Å². The predicted octanol–water partition coefficient (Wildman–Crippen LogP) is 6.50. The Bertz CT molecular complexity index is 1780. The Labute approximate surface area is 276 Å². The number of piperidine rings is 1. The molecule has 2 amide bonds. The van der Waals surface area contributed by atoms with E-state index in [1.807, 2.05) is 77.2 Å². The van der Waals surface area contributed by atoms with Crippen molar-refractivity contribution >= 4 is 22.7 Å². The number of carbonyl (C=O) groups is 2. The number of ether oxygens (including phenoxy) is 2. The van der Waals surface area contributed by atoms with E-state index in [1.165, 1.54) is 5.39 Å². The van der Waals surface area contributed by atoms with Crippen LogP contribution in [0.4, 0.5) is 4.79 Å². The summed E-state index contributed by atoms with van der Waals surface area (Å²) in [5, 5.41) is 2.33. The number of fused-ring (bicyclic) bond motifs is 1.